The highest BCUT2D eigenvalue weighted by molar-refractivity contribution is 4.92. The molecule has 1 aliphatic carbocycles. The maximum atomic E-state index is 10.1. The number of hydrogen-bond donors (Lipinski definition) is 1. The summed E-state index contributed by atoms with van der Waals surface area (Å²) in [5.74, 6) is 0.290. The van der Waals surface area contributed by atoms with E-state index in [9.17, 15) is 5.11 Å². The molecule has 0 aromatic heterocycles. The van der Waals surface area contributed by atoms with E-state index in [0.29, 0.717) is 0 Å². The smallest absolute Gasteiger partial charge is 0.0938 e. The Morgan fingerprint density at radius 2 is 1.69 bits per heavy atom. The van der Waals surface area contributed by atoms with Gasteiger partial charge in [-0.05, 0) is 18.8 Å². The summed E-state index contributed by atoms with van der Waals surface area (Å²) in [6, 6.07) is 0. The molecule has 1 aliphatic rings. The van der Waals surface area contributed by atoms with Crippen LogP contribution in [0.25, 0.3) is 0 Å². The number of ether oxygens (including phenoxy) is 1. The van der Waals surface area contributed by atoms with Gasteiger partial charge in [0.1, 0.15) is 0 Å². The van der Waals surface area contributed by atoms with Gasteiger partial charge in [-0.15, -0.1) is 0 Å². The third-order valence-electron chi connectivity index (χ3n) is 3.28. The summed E-state index contributed by atoms with van der Waals surface area (Å²) in [5.41, 5.74) is -0.244. The molecule has 0 spiro atoms. The molecule has 1 fully saturated rings. The Bertz CT molecular complexity index is 148. The largest absolute Gasteiger partial charge is 0.390 e. The van der Waals surface area contributed by atoms with Gasteiger partial charge in [0.05, 0.1) is 11.7 Å². The molecule has 0 aromatic carbocycles. The maximum Gasteiger partial charge on any atom is 0.0938 e. The minimum atomic E-state index is -0.308. The average Bonchev–Trinajstić information content (AvgIpc) is 2.17. The first-order valence-electron chi connectivity index (χ1n) is 5.35. The molecule has 1 N–H and O–H groups in total. The van der Waals surface area contributed by atoms with E-state index < -0.39 is 0 Å². The molecule has 1 saturated carbocycles. The molecule has 1 rings (SSSR count). The molecule has 0 aliphatic heterocycles. The second-order valence-corrected chi connectivity index (χ2v) is 4.52. The van der Waals surface area contributed by atoms with Crippen molar-refractivity contribution in [2.45, 2.75) is 57.7 Å². The molecule has 78 valence electrons. The van der Waals surface area contributed by atoms with Gasteiger partial charge in [0.2, 0.25) is 0 Å². The quantitative estimate of drug-likeness (QED) is 0.733. The van der Waals surface area contributed by atoms with E-state index in [4.69, 9.17) is 4.74 Å². The number of aliphatic hydroxyl groups excluding tert-OH is 1. The molecule has 2 heteroatoms. The van der Waals surface area contributed by atoms with Crippen molar-refractivity contribution in [1.82, 2.24) is 0 Å². The zero-order valence-electron chi connectivity index (χ0n) is 9.05. The topological polar surface area (TPSA) is 29.5 Å². The van der Waals surface area contributed by atoms with Gasteiger partial charge in [0.25, 0.3) is 0 Å². The lowest BCUT2D eigenvalue weighted by molar-refractivity contribution is -0.137. The molecular formula is C11H22O2. The molecule has 0 amide bonds. The molecule has 1 atom stereocenters. The van der Waals surface area contributed by atoms with Crippen LogP contribution in [0.5, 0.6) is 0 Å². The van der Waals surface area contributed by atoms with Gasteiger partial charge in [-0.25, -0.2) is 0 Å². The van der Waals surface area contributed by atoms with Crippen LogP contribution in [0.1, 0.15) is 46.0 Å². The van der Waals surface area contributed by atoms with Crippen LogP contribution in [0.2, 0.25) is 0 Å². The maximum absolute atomic E-state index is 10.1. The lowest BCUT2D eigenvalue weighted by Gasteiger charge is -2.41. The summed E-state index contributed by atoms with van der Waals surface area (Å²) in [4.78, 5) is 0. The fourth-order valence-corrected chi connectivity index (χ4v) is 2.38. The molecule has 0 bridgehead atoms. The van der Waals surface area contributed by atoms with Gasteiger partial charge >= 0.3 is 0 Å². The summed E-state index contributed by atoms with van der Waals surface area (Å²) < 4.78 is 5.55. The highest BCUT2D eigenvalue weighted by Gasteiger charge is 2.40. The third-order valence-corrected chi connectivity index (χ3v) is 3.28. The monoisotopic (exact) mass is 186 g/mol. The molecule has 0 radical (unpaired) electrons. The Labute approximate surface area is 81.3 Å². The van der Waals surface area contributed by atoms with E-state index in [1.54, 1.807) is 7.11 Å². The summed E-state index contributed by atoms with van der Waals surface area (Å²) in [6.07, 6.45) is 5.40. The van der Waals surface area contributed by atoms with Crippen LogP contribution in [-0.4, -0.2) is 23.9 Å². The molecule has 2 nitrogen and oxygen atoms in total. The first-order chi connectivity index (χ1) is 6.12. The fourth-order valence-electron chi connectivity index (χ4n) is 2.38. The summed E-state index contributed by atoms with van der Waals surface area (Å²) in [6.45, 7) is 4.11. The average molecular weight is 186 g/mol. The predicted molar refractivity (Wildman–Crippen MR) is 53.7 cm³/mol. The number of aliphatic hydroxyl groups is 1. The van der Waals surface area contributed by atoms with E-state index >= 15 is 0 Å². The Kier molecular flexibility index (Phi) is 3.74. The summed E-state index contributed by atoms with van der Waals surface area (Å²) in [5, 5.41) is 10.1. The van der Waals surface area contributed by atoms with Crippen molar-refractivity contribution in [1.29, 1.82) is 0 Å². The minimum absolute atomic E-state index is 0.244. The van der Waals surface area contributed by atoms with Crippen molar-refractivity contribution in [3.63, 3.8) is 0 Å². The van der Waals surface area contributed by atoms with Crippen LogP contribution < -0.4 is 0 Å². The first kappa shape index (κ1) is 11.0. The van der Waals surface area contributed by atoms with Crippen LogP contribution in [0.15, 0.2) is 0 Å². The van der Waals surface area contributed by atoms with Gasteiger partial charge in [0.15, 0.2) is 0 Å². The normalized spacial score (nSPS) is 24.7. The second kappa shape index (κ2) is 4.43. The Balaban J connectivity index is 2.66. The number of methoxy groups -OCH3 is 1. The standard InChI is InChI=1S/C11H22O2/c1-9(2)10(12)11(13-3)7-5-4-6-8-11/h9-10,12H,4-8H2,1-3H3. The highest BCUT2D eigenvalue weighted by Crippen LogP contribution is 2.36. The van der Waals surface area contributed by atoms with Gasteiger partial charge < -0.3 is 9.84 Å². The summed E-state index contributed by atoms with van der Waals surface area (Å²) in [7, 11) is 1.73. The van der Waals surface area contributed by atoms with Crippen LogP contribution in [0, 0.1) is 5.92 Å². The zero-order valence-corrected chi connectivity index (χ0v) is 9.05. The molecule has 13 heavy (non-hydrogen) atoms. The van der Waals surface area contributed by atoms with Crippen molar-refractivity contribution in [2.75, 3.05) is 7.11 Å². The van der Waals surface area contributed by atoms with Gasteiger partial charge in [-0.2, -0.15) is 0 Å². The minimum Gasteiger partial charge on any atom is -0.390 e. The number of rotatable bonds is 3. The Morgan fingerprint density at radius 3 is 2.08 bits per heavy atom. The van der Waals surface area contributed by atoms with Gasteiger partial charge in [-0.1, -0.05) is 33.1 Å². The van der Waals surface area contributed by atoms with E-state index in [2.05, 4.69) is 13.8 Å². The SMILES string of the molecule is COC1(C(O)C(C)C)CCCCC1. The first-order valence-corrected chi connectivity index (χ1v) is 5.35. The van der Waals surface area contributed by atoms with Gasteiger partial charge in [-0.3, -0.25) is 0 Å². The van der Waals surface area contributed by atoms with Crippen LogP contribution in [0.4, 0.5) is 0 Å². The van der Waals surface area contributed by atoms with E-state index in [0.717, 1.165) is 12.8 Å². The molecule has 0 saturated heterocycles. The molecular weight excluding hydrogens is 164 g/mol. The third kappa shape index (κ3) is 2.23. The van der Waals surface area contributed by atoms with Crippen molar-refractivity contribution in [3.8, 4) is 0 Å². The fraction of sp³-hybridized carbons (Fsp3) is 1.00. The van der Waals surface area contributed by atoms with Crippen molar-refractivity contribution in [3.05, 3.63) is 0 Å². The van der Waals surface area contributed by atoms with Crippen LogP contribution >= 0.6 is 0 Å². The van der Waals surface area contributed by atoms with E-state index in [1.165, 1.54) is 19.3 Å². The Hall–Kier alpha value is -0.0800. The van der Waals surface area contributed by atoms with Gasteiger partial charge in [0, 0.05) is 7.11 Å². The highest BCUT2D eigenvalue weighted by atomic mass is 16.5. The van der Waals surface area contributed by atoms with Crippen LogP contribution in [0.3, 0.4) is 0 Å². The lowest BCUT2D eigenvalue weighted by atomic mass is 9.77. The zero-order chi connectivity index (χ0) is 9.90. The molecule has 0 heterocycles. The number of hydrogen-bond acceptors (Lipinski definition) is 2. The lowest BCUT2D eigenvalue weighted by Crippen LogP contribution is -2.48. The van der Waals surface area contributed by atoms with Crippen molar-refractivity contribution in [2.24, 2.45) is 5.92 Å². The molecule has 1 unspecified atom stereocenters. The van der Waals surface area contributed by atoms with Crippen LogP contribution in [-0.2, 0) is 4.74 Å². The predicted octanol–water partition coefficient (Wildman–Crippen LogP) is 2.35. The molecule has 0 aromatic rings. The second-order valence-electron chi connectivity index (χ2n) is 4.52. The van der Waals surface area contributed by atoms with E-state index in [1.807, 2.05) is 0 Å². The van der Waals surface area contributed by atoms with Crippen molar-refractivity contribution < 1.29 is 9.84 Å². The van der Waals surface area contributed by atoms with E-state index in [-0.39, 0.29) is 17.6 Å². The Morgan fingerprint density at radius 1 is 1.15 bits per heavy atom. The van der Waals surface area contributed by atoms with Crippen molar-refractivity contribution >= 4 is 0 Å². The summed E-state index contributed by atoms with van der Waals surface area (Å²) >= 11 is 0.